The molecule has 8 heteroatoms. The fourth-order valence-corrected chi connectivity index (χ4v) is 5.93. The summed E-state index contributed by atoms with van der Waals surface area (Å²) in [5.74, 6) is 0.887. The largest absolute Gasteiger partial charge is 0.541 e. The lowest BCUT2D eigenvalue weighted by atomic mass is 10.0. The third-order valence-corrected chi connectivity index (χ3v) is 12.1. The molecule has 1 atom stereocenters. The van der Waals surface area contributed by atoms with Crippen molar-refractivity contribution in [1.29, 1.82) is 0 Å². The summed E-state index contributed by atoms with van der Waals surface area (Å²) >= 11 is 0. The lowest BCUT2D eigenvalue weighted by Crippen LogP contribution is -2.44. The summed E-state index contributed by atoms with van der Waals surface area (Å²) in [5.41, 5.74) is 0.339. The molecule has 0 amide bonds. The average molecular weight is 445 g/mol. The van der Waals surface area contributed by atoms with E-state index in [1.54, 1.807) is 27.0 Å². The van der Waals surface area contributed by atoms with Gasteiger partial charge in [-0.1, -0.05) is 26.8 Å². The number of methoxy groups -OCH3 is 1. The van der Waals surface area contributed by atoms with E-state index in [-0.39, 0.29) is 24.0 Å². The number of hydrogen-bond donors (Lipinski definition) is 0. The number of hydrogen-bond acceptors (Lipinski definition) is 6. The Morgan fingerprint density at radius 1 is 1.14 bits per heavy atom. The minimum absolute atomic E-state index is 0.0185. The van der Waals surface area contributed by atoms with Crippen molar-refractivity contribution in [3.05, 3.63) is 23.3 Å². The molecule has 0 N–H and O–H groups in total. The number of ketones is 1. The summed E-state index contributed by atoms with van der Waals surface area (Å²) in [5, 5.41) is 0.0185. The molecule has 0 aliphatic rings. The van der Waals surface area contributed by atoms with Gasteiger partial charge in [0.15, 0.2) is 5.75 Å². The molecule has 0 aliphatic carbocycles. The Labute approximate surface area is 176 Å². The molecule has 0 spiro atoms. The van der Waals surface area contributed by atoms with Crippen molar-refractivity contribution in [2.45, 2.75) is 72.3 Å². The van der Waals surface area contributed by atoms with Gasteiger partial charge in [0.2, 0.25) is 0 Å². The van der Waals surface area contributed by atoms with Gasteiger partial charge in [-0.25, -0.2) is 0 Å². The van der Waals surface area contributed by atoms with E-state index in [0.29, 0.717) is 17.1 Å². The Morgan fingerprint density at radius 2 is 1.66 bits per heavy atom. The van der Waals surface area contributed by atoms with Gasteiger partial charge in [-0.3, -0.25) is 9.36 Å². The van der Waals surface area contributed by atoms with Crippen LogP contribution in [0.5, 0.6) is 11.5 Å². The van der Waals surface area contributed by atoms with Crippen molar-refractivity contribution in [3.8, 4) is 11.5 Å². The van der Waals surface area contributed by atoms with Gasteiger partial charge in [-0.15, -0.1) is 0 Å². The first-order valence-electron chi connectivity index (χ1n) is 10.0. The molecule has 1 aromatic rings. The molecule has 1 rings (SSSR count). The molecular weight excluding hydrogens is 407 g/mol. The van der Waals surface area contributed by atoms with Crippen LogP contribution in [0.15, 0.2) is 12.1 Å². The molecule has 0 heterocycles. The molecule has 0 saturated carbocycles. The SMILES string of the molecule is CCOP(=O)(OCC)C(C(C)=O)c1cc(C)c(O[Si](C)(C)C(C)(C)C)c(OC)c1. The van der Waals surface area contributed by atoms with E-state index in [1.165, 1.54) is 6.92 Å². The average Bonchev–Trinajstić information content (AvgIpc) is 2.55. The van der Waals surface area contributed by atoms with Gasteiger partial charge in [-0.2, -0.15) is 0 Å². The molecule has 0 fully saturated rings. The minimum Gasteiger partial charge on any atom is -0.541 e. The lowest BCUT2D eigenvalue weighted by molar-refractivity contribution is -0.117. The van der Waals surface area contributed by atoms with Crippen LogP contribution in [0.3, 0.4) is 0 Å². The van der Waals surface area contributed by atoms with Crippen molar-refractivity contribution in [2.24, 2.45) is 0 Å². The lowest BCUT2D eigenvalue weighted by Gasteiger charge is -2.37. The van der Waals surface area contributed by atoms with E-state index in [9.17, 15) is 9.36 Å². The predicted octanol–water partition coefficient (Wildman–Crippen LogP) is 6.28. The third-order valence-electron chi connectivity index (χ3n) is 5.28. The van der Waals surface area contributed by atoms with Crippen LogP contribution in [0, 0.1) is 6.92 Å². The summed E-state index contributed by atoms with van der Waals surface area (Å²) in [7, 11) is -4.22. The number of rotatable bonds is 10. The molecule has 166 valence electrons. The van der Waals surface area contributed by atoms with Gasteiger partial charge in [0.25, 0.3) is 8.32 Å². The van der Waals surface area contributed by atoms with Crippen molar-refractivity contribution in [2.75, 3.05) is 20.3 Å². The summed E-state index contributed by atoms with van der Waals surface area (Å²) in [6, 6.07) is 3.54. The Balaban J connectivity index is 3.56. The highest BCUT2D eigenvalue weighted by Crippen LogP contribution is 2.62. The van der Waals surface area contributed by atoms with Crippen molar-refractivity contribution >= 4 is 21.7 Å². The van der Waals surface area contributed by atoms with Crippen LogP contribution >= 0.6 is 7.60 Å². The number of Topliss-reactive ketones (excluding diaryl/α,β-unsaturated/α-hetero) is 1. The summed E-state index contributed by atoms with van der Waals surface area (Å²) in [4.78, 5) is 12.5. The van der Waals surface area contributed by atoms with E-state index in [2.05, 4.69) is 33.9 Å². The normalized spacial score (nSPS) is 13.9. The molecule has 0 aliphatic heterocycles. The van der Waals surface area contributed by atoms with Crippen LogP contribution in [0.4, 0.5) is 0 Å². The molecule has 0 radical (unpaired) electrons. The number of ether oxygens (including phenoxy) is 1. The molecule has 0 saturated heterocycles. The summed E-state index contributed by atoms with van der Waals surface area (Å²) < 4.78 is 36.4. The third kappa shape index (κ3) is 5.94. The van der Waals surface area contributed by atoms with E-state index >= 15 is 0 Å². The van der Waals surface area contributed by atoms with E-state index in [0.717, 1.165) is 5.56 Å². The maximum atomic E-state index is 13.4. The zero-order valence-electron chi connectivity index (χ0n) is 19.5. The number of aryl methyl sites for hydroxylation is 1. The maximum Gasteiger partial charge on any atom is 0.345 e. The zero-order chi connectivity index (χ0) is 22.6. The highest BCUT2D eigenvalue weighted by atomic mass is 31.2. The van der Waals surface area contributed by atoms with Gasteiger partial charge in [-0.05, 0) is 63.0 Å². The van der Waals surface area contributed by atoms with Crippen LogP contribution in [0.25, 0.3) is 0 Å². The highest BCUT2D eigenvalue weighted by molar-refractivity contribution is 7.55. The first kappa shape index (κ1) is 25.9. The molecule has 0 aromatic heterocycles. The quantitative estimate of drug-likeness (QED) is 0.312. The molecule has 0 bridgehead atoms. The fraction of sp³-hybridized carbons (Fsp3) is 0.667. The van der Waals surface area contributed by atoms with E-state index < -0.39 is 21.6 Å². The Hall–Kier alpha value is -1.14. The van der Waals surface area contributed by atoms with Crippen molar-refractivity contribution in [3.63, 3.8) is 0 Å². The van der Waals surface area contributed by atoms with Gasteiger partial charge in [0.05, 0.1) is 20.3 Å². The first-order chi connectivity index (χ1) is 13.2. The summed E-state index contributed by atoms with van der Waals surface area (Å²) in [6.45, 7) is 18.0. The highest BCUT2D eigenvalue weighted by Gasteiger charge is 2.42. The van der Waals surface area contributed by atoms with Gasteiger partial charge in [0.1, 0.15) is 17.2 Å². The van der Waals surface area contributed by atoms with Crippen LogP contribution in [-0.4, -0.2) is 34.4 Å². The Morgan fingerprint density at radius 3 is 2.03 bits per heavy atom. The van der Waals surface area contributed by atoms with Crippen molar-refractivity contribution < 1.29 is 27.6 Å². The van der Waals surface area contributed by atoms with Gasteiger partial charge < -0.3 is 18.2 Å². The van der Waals surface area contributed by atoms with Crippen LogP contribution in [0.2, 0.25) is 18.1 Å². The molecular formula is C21H37O6PSi. The Bertz CT molecular complexity index is 759. The molecule has 1 unspecified atom stereocenters. The van der Waals surface area contributed by atoms with Crippen LogP contribution < -0.4 is 9.16 Å². The Kier molecular flexibility index (Phi) is 8.73. The first-order valence-corrected chi connectivity index (χ1v) is 14.5. The van der Waals surface area contributed by atoms with E-state index in [4.69, 9.17) is 18.2 Å². The molecule has 1 aromatic carbocycles. The minimum atomic E-state index is -3.68. The fourth-order valence-electron chi connectivity index (χ4n) is 2.80. The van der Waals surface area contributed by atoms with Crippen LogP contribution in [0.1, 0.15) is 58.3 Å². The molecule has 29 heavy (non-hydrogen) atoms. The van der Waals surface area contributed by atoms with Gasteiger partial charge in [0, 0.05) is 0 Å². The monoisotopic (exact) mass is 444 g/mol. The second-order valence-electron chi connectivity index (χ2n) is 8.62. The second kappa shape index (κ2) is 9.78. The molecule has 6 nitrogen and oxygen atoms in total. The second-order valence-corrected chi connectivity index (χ2v) is 15.5. The van der Waals surface area contributed by atoms with Crippen LogP contribution in [-0.2, 0) is 18.4 Å². The maximum absolute atomic E-state index is 13.4. The number of carbonyl (C=O) groups is 1. The number of benzene rings is 1. The topological polar surface area (TPSA) is 71.1 Å². The predicted molar refractivity (Wildman–Crippen MR) is 120 cm³/mol. The summed E-state index contributed by atoms with van der Waals surface area (Å²) in [6.07, 6.45) is 0. The van der Waals surface area contributed by atoms with E-state index in [1.807, 2.05) is 13.0 Å². The number of carbonyl (C=O) groups excluding carboxylic acids is 1. The standard InChI is InChI=1S/C21H37O6PSi/c1-11-25-28(23,26-12-2)20(16(4)22)17-13-15(3)19(18(14-17)24-8)27-29(9,10)21(5,6)7/h13-14,20H,11-12H2,1-10H3. The van der Waals surface area contributed by atoms with Gasteiger partial charge >= 0.3 is 7.60 Å². The smallest absolute Gasteiger partial charge is 0.345 e. The van der Waals surface area contributed by atoms with Crippen molar-refractivity contribution in [1.82, 2.24) is 0 Å². The zero-order valence-corrected chi connectivity index (χ0v) is 21.4.